The van der Waals surface area contributed by atoms with E-state index in [1.54, 1.807) is 0 Å². The van der Waals surface area contributed by atoms with Crippen molar-refractivity contribution in [2.24, 2.45) is 0 Å². The number of nitrogens with one attached hydrogen (secondary N) is 2. The Balaban J connectivity index is 1.94. The van der Waals surface area contributed by atoms with Crippen LogP contribution in [0.3, 0.4) is 0 Å². The maximum atomic E-state index is 12.4. The Kier molecular flexibility index (Phi) is 8.52. The van der Waals surface area contributed by atoms with E-state index in [0.717, 1.165) is 37.2 Å². The van der Waals surface area contributed by atoms with Crippen LogP contribution in [0.4, 0.5) is 0 Å². The number of carbonyl (C=O) groups is 2. The van der Waals surface area contributed by atoms with Crippen LogP contribution < -0.4 is 10.6 Å². The van der Waals surface area contributed by atoms with E-state index in [1.807, 2.05) is 60.7 Å². The zero-order valence-electron chi connectivity index (χ0n) is 16.2. The number of benzene rings is 2. The third kappa shape index (κ3) is 6.53. The molecule has 0 saturated carbocycles. The molecule has 27 heavy (non-hydrogen) atoms. The highest BCUT2D eigenvalue weighted by Gasteiger charge is 2.20. The summed E-state index contributed by atoms with van der Waals surface area (Å²) >= 11 is 0. The lowest BCUT2D eigenvalue weighted by atomic mass is 9.99. The number of nitrogens with zero attached hydrogens (tertiary/aromatic N) is 1. The number of carbonyl (C=O) groups excluding carboxylic acids is 2. The maximum absolute atomic E-state index is 12.4. The molecule has 0 unspecified atom stereocenters. The van der Waals surface area contributed by atoms with Crippen LogP contribution >= 0.6 is 0 Å². The smallest absolute Gasteiger partial charge is 0.310 e. The lowest BCUT2D eigenvalue weighted by Gasteiger charge is -2.20. The monoisotopic (exact) mass is 367 g/mol. The normalized spacial score (nSPS) is 10.8. The van der Waals surface area contributed by atoms with Crippen LogP contribution in [0, 0.1) is 0 Å². The van der Waals surface area contributed by atoms with Gasteiger partial charge >= 0.3 is 11.8 Å². The van der Waals surface area contributed by atoms with Gasteiger partial charge in [0.2, 0.25) is 0 Å². The second kappa shape index (κ2) is 11.1. The molecule has 0 saturated heterocycles. The fourth-order valence-electron chi connectivity index (χ4n) is 2.97. The molecule has 2 aromatic rings. The van der Waals surface area contributed by atoms with Crippen LogP contribution in [-0.2, 0) is 9.59 Å². The number of rotatable bonds is 9. The summed E-state index contributed by atoms with van der Waals surface area (Å²) in [4.78, 5) is 26.9. The predicted octanol–water partition coefficient (Wildman–Crippen LogP) is 2.74. The Morgan fingerprint density at radius 1 is 0.852 bits per heavy atom. The van der Waals surface area contributed by atoms with Gasteiger partial charge in [-0.05, 0) is 37.2 Å². The average molecular weight is 367 g/mol. The van der Waals surface area contributed by atoms with E-state index in [4.69, 9.17) is 0 Å². The fraction of sp³-hybridized carbons (Fsp3) is 0.364. The fourth-order valence-corrected chi connectivity index (χ4v) is 2.97. The number of hydrogen-bond acceptors (Lipinski definition) is 3. The van der Waals surface area contributed by atoms with Crippen LogP contribution in [0.5, 0.6) is 0 Å². The van der Waals surface area contributed by atoms with Crippen molar-refractivity contribution in [1.29, 1.82) is 0 Å². The first-order valence-corrected chi connectivity index (χ1v) is 9.56. The molecule has 0 radical (unpaired) electrons. The molecule has 0 aliphatic rings. The molecule has 0 fully saturated rings. The number of hydrogen-bond donors (Lipinski definition) is 2. The van der Waals surface area contributed by atoms with Crippen molar-refractivity contribution in [3.05, 3.63) is 71.8 Å². The standard InChI is InChI=1S/C22H29N3O2/c1-3-25(4-2)17-11-16-23-21(26)22(27)24-20(18-12-7-5-8-13-18)19-14-9-6-10-15-19/h5-10,12-15,20H,3-4,11,16-17H2,1-2H3,(H,23,26)(H,24,27). The molecule has 2 aromatic carbocycles. The molecule has 2 N–H and O–H groups in total. The molecule has 0 atom stereocenters. The van der Waals surface area contributed by atoms with E-state index < -0.39 is 11.8 Å². The van der Waals surface area contributed by atoms with Gasteiger partial charge in [-0.3, -0.25) is 9.59 Å². The van der Waals surface area contributed by atoms with E-state index in [0.29, 0.717) is 6.54 Å². The van der Waals surface area contributed by atoms with Crippen molar-refractivity contribution in [3.8, 4) is 0 Å². The Bertz CT molecular complexity index is 661. The van der Waals surface area contributed by atoms with Crippen LogP contribution in [0.25, 0.3) is 0 Å². The van der Waals surface area contributed by atoms with Crippen molar-refractivity contribution >= 4 is 11.8 Å². The molecule has 0 spiro atoms. The molecule has 0 aliphatic carbocycles. The van der Waals surface area contributed by atoms with Crippen molar-refractivity contribution in [2.45, 2.75) is 26.3 Å². The minimum absolute atomic E-state index is 0.360. The third-order valence-electron chi connectivity index (χ3n) is 4.58. The van der Waals surface area contributed by atoms with Gasteiger partial charge in [-0.15, -0.1) is 0 Å². The summed E-state index contributed by atoms with van der Waals surface area (Å²) in [6.07, 6.45) is 0.821. The van der Waals surface area contributed by atoms with Gasteiger partial charge in [0.1, 0.15) is 0 Å². The van der Waals surface area contributed by atoms with Gasteiger partial charge in [0, 0.05) is 6.54 Å². The lowest BCUT2D eigenvalue weighted by Crippen LogP contribution is -2.42. The maximum Gasteiger partial charge on any atom is 0.310 e. The highest BCUT2D eigenvalue weighted by Crippen LogP contribution is 2.21. The minimum atomic E-state index is -0.615. The largest absolute Gasteiger partial charge is 0.348 e. The highest BCUT2D eigenvalue weighted by atomic mass is 16.2. The third-order valence-corrected chi connectivity index (χ3v) is 4.58. The Morgan fingerprint density at radius 3 is 1.85 bits per heavy atom. The van der Waals surface area contributed by atoms with Crippen molar-refractivity contribution in [1.82, 2.24) is 15.5 Å². The summed E-state index contributed by atoms with van der Waals surface area (Å²) < 4.78 is 0. The lowest BCUT2D eigenvalue weighted by molar-refractivity contribution is -0.139. The molecule has 2 rings (SSSR count). The summed E-state index contributed by atoms with van der Waals surface area (Å²) in [6.45, 7) is 7.60. The molecule has 0 heterocycles. The topological polar surface area (TPSA) is 61.4 Å². The van der Waals surface area contributed by atoms with E-state index in [1.165, 1.54) is 0 Å². The van der Waals surface area contributed by atoms with Crippen molar-refractivity contribution < 1.29 is 9.59 Å². The van der Waals surface area contributed by atoms with Gasteiger partial charge in [0.25, 0.3) is 0 Å². The summed E-state index contributed by atoms with van der Waals surface area (Å²) in [7, 11) is 0. The van der Waals surface area contributed by atoms with Gasteiger partial charge in [-0.2, -0.15) is 0 Å². The van der Waals surface area contributed by atoms with E-state index in [9.17, 15) is 9.59 Å². The molecular formula is C22H29N3O2. The van der Waals surface area contributed by atoms with Gasteiger partial charge < -0.3 is 15.5 Å². The number of amides is 2. The first kappa shape index (κ1) is 20.6. The van der Waals surface area contributed by atoms with Crippen LogP contribution in [0.1, 0.15) is 37.4 Å². The second-order valence-corrected chi connectivity index (χ2v) is 6.36. The molecular weight excluding hydrogens is 338 g/mol. The average Bonchev–Trinajstić information content (AvgIpc) is 2.73. The van der Waals surface area contributed by atoms with Crippen LogP contribution in [0.15, 0.2) is 60.7 Å². The summed E-state index contributed by atoms with van der Waals surface area (Å²) in [5.41, 5.74) is 1.87. The summed E-state index contributed by atoms with van der Waals surface area (Å²) in [5, 5.41) is 5.58. The SMILES string of the molecule is CCN(CC)CCCNC(=O)C(=O)NC(c1ccccc1)c1ccccc1. The summed E-state index contributed by atoms with van der Waals surface area (Å²) in [6, 6.07) is 19.0. The van der Waals surface area contributed by atoms with E-state index in [2.05, 4.69) is 29.4 Å². The second-order valence-electron chi connectivity index (χ2n) is 6.36. The molecule has 5 nitrogen and oxygen atoms in total. The van der Waals surface area contributed by atoms with Gasteiger partial charge in [-0.25, -0.2) is 0 Å². The zero-order chi connectivity index (χ0) is 19.5. The Morgan fingerprint density at radius 2 is 1.37 bits per heavy atom. The quantitative estimate of drug-likeness (QED) is 0.529. The van der Waals surface area contributed by atoms with Crippen LogP contribution in [-0.4, -0.2) is 42.9 Å². The van der Waals surface area contributed by atoms with Crippen molar-refractivity contribution in [2.75, 3.05) is 26.2 Å². The zero-order valence-corrected chi connectivity index (χ0v) is 16.2. The summed E-state index contributed by atoms with van der Waals surface area (Å²) in [5.74, 6) is -1.21. The molecule has 0 aliphatic heterocycles. The molecule has 5 heteroatoms. The first-order valence-electron chi connectivity index (χ1n) is 9.56. The van der Waals surface area contributed by atoms with Crippen LogP contribution in [0.2, 0.25) is 0 Å². The van der Waals surface area contributed by atoms with E-state index in [-0.39, 0.29) is 6.04 Å². The minimum Gasteiger partial charge on any atom is -0.348 e. The highest BCUT2D eigenvalue weighted by molar-refractivity contribution is 6.35. The molecule has 0 aromatic heterocycles. The Hall–Kier alpha value is -2.66. The Labute approximate surface area is 161 Å². The molecule has 0 bridgehead atoms. The first-order chi connectivity index (χ1) is 13.2. The van der Waals surface area contributed by atoms with Gasteiger partial charge in [0.05, 0.1) is 6.04 Å². The van der Waals surface area contributed by atoms with Gasteiger partial charge in [0.15, 0.2) is 0 Å². The molecule has 144 valence electrons. The molecule has 2 amide bonds. The van der Waals surface area contributed by atoms with E-state index >= 15 is 0 Å². The van der Waals surface area contributed by atoms with Crippen molar-refractivity contribution in [3.63, 3.8) is 0 Å². The predicted molar refractivity (Wildman–Crippen MR) is 108 cm³/mol. The van der Waals surface area contributed by atoms with Gasteiger partial charge in [-0.1, -0.05) is 74.5 Å².